The van der Waals surface area contributed by atoms with E-state index < -0.39 is 0 Å². The first-order valence-corrected chi connectivity index (χ1v) is 5.89. The molecular weight excluding hydrogens is 232 g/mol. The fourth-order valence-electron chi connectivity index (χ4n) is 1.50. The molecule has 6 heteroatoms. The molecule has 1 rings (SSSR count). The van der Waals surface area contributed by atoms with Crippen molar-refractivity contribution in [1.29, 1.82) is 0 Å². The van der Waals surface area contributed by atoms with E-state index in [1.807, 2.05) is 13.1 Å². The molecule has 0 aliphatic heterocycles. The maximum atomic E-state index is 11.0. The Morgan fingerprint density at radius 2 is 2.28 bits per heavy atom. The van der Waals surface area contributed by atoms with Crippen molar-refractivity contribution in [3.8, 4) is 0 Å². The fourth-order valence-corrected chi connectivity index (χ4v) is 1.50. The summed E-state index contributed by atoms with van der Waals surface area (Å²) in [6, 6.07) is 1.83. The van der Waals surface area contributed by atoms with E-state index in [2.05, 4.69) is 15.3 Å². The standard InChI is InChI=1S/C12H20N4O2/c1-10(17)8-16(2)12-7-11(14-9-15-12)13-5-4-6-18-3/h7,9H,4-6,8H2,1-3H3,(H,13,14,15). The number of Topliss-reactive ketones (excluding diaryl/α,β-unsaturated/α-hetero) is 1. The summed E-state index contributed by atoms with van der Waals surface area (Å²) in [5.74, 6) is 1.59. The van der Waals surface area contributed by atoms with Crippen LogP contribution in [0.5, 0.6) is 0 Å². The van der Waals surface area contributed by atoms with Crippen LogP contribution >= 0.6 is 0 Å². The SMILES string of the molecule is COCCCNc1cc(N(C)CC(C)=O)ncn1. The molecule has 0 aliphatic carbocycles. The van der Waals surface area contributed by atoms with Gasteiger partial charge in [0.25, 0.3) is 0 Å². The molecule has 1 N–H and O–H groups in total. The van der Waals surface area contributed by atoms with Crippen LogP contribution in [0.25, 0.3) is 0 Å². The summed E-state index contributed by atoms with van der Waals surface area (Å²) in [6.07, 6.45) is 2.41. The van der Waals surface area contributed by atoms with Crippen molar-refractivity contribution in [2.24, 2.45) is 0 Å². The summed E-state index contributed by atoms with van der Waals surface area (Å²) in [5.41, 5.74) is 0. The molecule has 0 radical (unpaired) electrons. The summed E-state index contributed by atoms with van der Waals surface area (Å²) >= 11 is 0. The number of hydrogen-bond donors (Lipinski definition) is 1. The minimum absolute atomic E-state index is 0.103. The molecule has 6 nitrogen and oxygen atoms in total. The summed E-state index contributed by atoms with van der Waals surface area (Å²) < 4.78 is 4.97. The highest BCUT2D eigenvalue weighted by Gasteiger charge is 2.06. The fraction of sp³-hybridized carbons (Fsp3) is 0.583. The number of likely N-dealkylation sites (N-methyl/N-ethyl adjacent to an activating group) is 1. The Morgan fingerprint density at radius 1 is 1.50 bits per heavy atom. The monoisotopic (exact) mass is 252 g/mol. The number of rotatable bonds is 8. The topological polar surface area (TPSA) is 67.3 Å². The van der Waals surface area contributed by atoms with Crippen LogP contribution in [-0.4, -0.2) is 49.6 Å². The smallest absolute Gasteiger partial charge is 0.149 e. The molecule has 0 bridgehead atoms. The second kappa shape index (κ2) is 7.60. The van der Waals surface area contributed by atoms with Crippen LogP contribution in [0.1, 0.15) is 13.3 Å². The van der Waals surface area contributed by atoms with Gasteiger partial charge >= 0.3 is 0 Å². The van der Waals surface area contributed by atoms with E-state index in [0.717, 1.165) is 31.2 Å². The molecule has 0 aliphatic rings. The zero-order valence-electron chi connectivity index (χ0n) is 11.1. The van der Waals surface area contributed by atoms with Gasteiger partial charge in [-0.25, -0.2) is 9.97 Å². The average Bonchev–Trinajstić information content (AvgIpc) is 2.34. The second-order valence-corrected chi connectivity index (χ2v) is 4.09. The summed E-state index contributed by atoms with van der Waals surface area (Å²) in [6.45, 7) is 3.41. The van der Waals surface area contributed by atoms with E-state index in [1.165, 1.54) is 6.33 Å². The number of carbonyl (C=O) groups excluding carboxylic acids is 1. The number of carbonyl (C=O) groups is 1. The Morgan fingerprint density at radius 3 is 2.94 bits per heavy atom. The first-order chi connectivity index (χ1) is 8.63. The first kappa shape index (κ1) is 14.4. The van der Waals surface area contributed by atoms with Gasteiger partial charge in [-0.05, 0) is 13.3 Å². The van der Waals surface area contributed by atoms with E-state index in [0.29, 0.717) is 6.54 Å². The van der Waals surface area contributed by atoms with Crippen molar-refractivity contribution in [2.45, 2.75) is 13.3 Å². The average molecular weight is 252 g/mol. The quantitative estimate of drug-likeness (QED) is 0.695. The lowest BCUT2D eigenvalue weighted by molar-refractivity contribution is -0.115. The third-order valence-corrected chi connectivity index (χ3v) is 2.33. The van der Waals surface area contributed by atoms with Crippen molar-refractivity contribution in [3.63, 3.8) is 0 Å². The van der Waals surface area contributed by atoms with Crippen LogP contribution in [0.15, 0.2) is 12.4 Å². The van der Waals surface area contributed by atoms with Gasteiger partial charge in [0, 0.05) is 33.4 Å². The van der Waals surface area contributed by atoms with Gasteiger partial charge in [0.2, 0.25) is 0 Å². The summed E-state index contributed by atoms with van der Waals surface area (Å²) in [5, 5.41) is 3.19. The first-order valence-electron chi connectivity index (χ1n) is 5.89. The van der Waals surface area contributed by atoms with Crippen LogP contribution in [0.3, 0.4) is 0 Å². The molecule has 1 heterocycles. The number of nitrogens with one attached hydrogen (secondary N) is 1. The van der Waals surface area contributed by atoms with Gasteiger partial charge in [0.05, 0.1) is 6.54 Å². The van der Waals surface area contributed by atoms with Crippen LogP contribution in [-0.2, 0) is 9.53 Å². The molecule has 0 saturated carbocycles. The number of ketones is 1. The maximum absolute atomic E-state index is 11.0. The highest BCUT2D eigenvalue weighted by molar-refractivity contribution is 5.80. The van der Waals surface area contributed by atoms with Crippen LogP contribution in [0.4, 0.5) is 11.6 Å². The third kappa shape index (κ3) is 5.09. The molecule has 0 aromatic carbocycles. The number of nitrogens with zero attached hydrogens (tertiary/aromatic N) is 3. The van der Waals surface area contributed by atoms with E-state index in [4.69, 9.17) is 4.74 Å². The minimum Gasteiger partial charge on any atom is -0.385 e. The Kier molecular flexibility index (Phi) is 6.07. The van der Waals surface area contributed by atoms with Gasteiger partial charge in [-0.2, -0.15) is 0 Å². The predicted molar refractivity (Wildman–Crippen MR) is 71.0 cm³/mol. The van der Waals surface area contributed by atoms with Gasteiger partial charge in [0.15, 0.2) is 0 Å². The molecular formula is C12H20N4O2. The zero-order valence-corrected chi connectivity index (χ0v) is 11.1. The Balaban J connectivity index is 2.53. The number of anilines is 2. The van der Waals surface area contributed by atoms with Crippen molar-refractivity contribution < 1.29 is 9.53 Å². The summed E-state index contributed by atoms with van der Waals surface area (Å²) in [7, 11) is 3.51. The molecule has 0 atom stereocenters. The molecule has 0 fully saturated rings. The minimum atomic E-state index is 0.103. The molecule has 0 unspecified atom stereocenters. The zero-order chi connectivity index (χ0) is 13.4. The Bertz CT molecular complexity index is 384. The molecule has 100 valence electrons. The number of aromatic nitrogens is 2. The lowest BCUT2D eigenvalue weighted by Gasteiger charge is -2.16. The number of methoxy groups -OCH3 is 1. The van der Waals surface area contributed by atoms with Crippen molar-refractivity contribution in [1.82, 2.24) is 9.97 Å². The van der Waals surface area contributed by atoms with Gasteiger partial charge in [-0.3, -0.25) is 4.79 Å². The van der Waals surface area contributed by atoms with Crippen LogP contribution in [0, 0.1) is 0 Å². The molecule has 0 spiro atoms. The molecule has 18 heavy (non-hydrogen) atoms. The second-order valence-electron chi connectivity index (χ2n) is 4.09. The molecule has 1 aromatic rings. The largest absolute Gasteiger partial charge is 0.385 e. The lowest BCUT2D eigenvalue weighted by Crippen LogP contribution is -2.24. The van der Waals surface area contributed by atoms with E-state index in [-0.39, 0.29) is 5.78 Å². The molecule has 0 amide bonds. The van der Waals surface area contributed by atoms with Gasteiger partial charge in [-0.1, -0.05) is 0 Å². The van der Waals surface area contributed by atoms with E-state index in [9.17, 15) is 4.79 Å². The van der Waals surface area contributed by atoms with Gasteiger partial charge in [-0.15, -0.1) is 0 Å². The Hall–Kier alpha value is -1.69. The predicted octanol–water partition coefficient (Wildman–Crippen LogP) is 0.950. The highest BCUT2D eigenvalue weighted by atomic mass is 16.5. The van der Waals surface area contributed by atoms with Crippen molar-refractivity contribution in [2.75, 3.05) is 44.1 Å². The van der Waals surface area contributed by atoms with Gasteiger partial charge < -0.3 is 15.0 Å². The van der Waals surface area contributed by atoms with Gasteiger partial charge in [0.1, 0.15) is 23.7 Å². The van der Waals surface area contributed by atoms with Crippen molar-refractivity contribution in [3.05, 3.63) is 12.4 Å². The highest BCUT2D eigenvalue weighted by Crippen LogP contribution is 2.12. The van der Waals surface area contributed by atoms with Crippen LogP contribution < -0.4 is 10.2 Å². The molecule has 1 aromatic heterocycles. The lowest BCUT2D eigenvalue weighted by atomic mass is 10.4. The third-order valence-electron chi connectivity index (χ3n) is 2.33. The van der Waals surface area contributed by atoms with Crippen molar-refractivity contribution >= 4 is 17.4 Å². The Labute approximate surface area is 107 Å². The maximum Gasteiger partial charge on any atom is 0.149 e. The summed E-state index contributed by atoms with van der Waals surface area (Å²) in [4.78, 5) is 21.1. The van der Waals surface area contributed by atoms with E-state index >= 15 is 0 Å². The molecule has 0 saturated heterocycles. The normalized spacial score (nSPS) is 10.2. The van der Waals surface area contributed by atoms with E-state index in [1.54, 1.807) is 18.9 Å². The number of ether oxygens (including phenoxy) is 1. The number of hydrogen-bond acceptors (Lipinski definition) is 6. The van der Waals surface area contributed by atoms with Crippen LogP contribution in [0.2, 0.25) is 0 Å².